The van der Waals surface area contributed by atoms with Gasteiger partial charge in [-0.25, -0.2) is 4.98 Å². The minimum Gasteiger partial charge on any atom is -0.465 e. The SMILES string of the molecule is CCOC(=O)[C@H](C)Sc1nc2ccc(I)cc2c(=O)n1-c1ccccc1C. The van der Waals surface area contributed by atoms with Gasteiger partial charge in [0.2, 0.25) is 0 Å². The third-order valence-electron chi connectivity index (χ3n) is 4.06. The maximum absolute atomic E-state index is 13.3. The first-order valence-corrected chi connectivity index (χ1v) is 10.5. The second-order valence-corrected chi connectivity index (χ2v) is 8.55. The molecule has 0 fully saturated rings. The molecule has 0 bridgehead atoms. The van der Waals surface area contributed by atoms with Crippen molar-refractivity contribution in [3.8, 4) is 5.69 Å². The van der Waals surface area contributed by atoms with E-state index in [2.05, 4.69) is 22.6 Å². The van der Waals surface area contributed by atoms with Crippen molar-refractivity contribution in [2.45, 2.75) is 31.2 Å². The third kappa shape index (κ3) is 4.19. The molecule has 5 nitrogen and oxygen atoms in total. The zero-order chi connectivity index (χ0) is 19.6. The van der Waals surface area contributed by atoms with Crippen LogP contribution >= 0.6 is 34.4 Å². The van der Waals surface area contributed by atoms with E-state index in [1.807, 2.05) is 49.4 Å². The lowest BCUT2D eigenvalue weighted by molar-refractivity contribution is -0.142. The molecule has 3 rings (SSSR count). The van der Waals surface area contributed by atoms with Crippen LogP contribution in [0.4, 0.5) is 0 Å². The number of ether oxygens (including phenoxy) is 1. The fourth-order valence-electron chi connectivity index (χ4n) is 2.71. The van der Waals surface area contributed by atoms with Crippen molar-refractivity contribution in [2.75, 3.05) is 6.61 Å². The first-order chi connectivity index (χ1) is 12.9. The van der Waals surface area contributed by atoms with Gasteiger partial charge in [-0.05, 0) is 73.2 Å². The fraction of sp³-hybridized carbons (Fsp3) is 0.250. The first kappa shape index (κ1) is 19.9. The van der Waals surface area contributed by atoms with Gasteiger partial charge < -0.3 is 4.74 Å². The first-order valence-electron chi connectivity index (χ1n) is 8.54. The zero-order valence-corrected chi connectivity index (χ0v) is 18.2. The number of benzene rings is 2. The summed E-state index contributed by atoms with van der Waals surface area (Å²) in [7, 11) is 0. The normalized spacial score (nSPS) is 12.1. The van der Waals surface area contributed by atoms with Crippen molar-refractivity contribution >= 4 is 51.2 Å². The van der Waals surface area contributed by atoms with Crippen molar-refractivity contribution in [1.82, 2.24) is 9.55 Å². The monoisotopic (exact) mass is 494 g/mol. The Balaban J connectivity index is 2.23. The van der Waals surface area contributed by atoms with E-state index in [-0.39, 0.29) is 11.5 Å². The summed E-state index contributed by atoms with van der Waals surface area (Å²) >= 11 is 3.41. The second kappa shape index (κ2) is 8.43. The van der Waals surface area contributed by atoms with Crippen LogP contribution in [0.5, 0.6) is 0 Å². The number of hydrogen-bond acceptors (Lipinski definition) is 5. The molecule has 0 aliphatic heterocycles. The van der Waals surface area contributed by atoms with Gasteiger partial charge >= 0.3 is 5.97 Å². The molecule has 2 aromatic carbocycles. The van der Waals surface area contributed by atoms with E-state index in [0.717, 1.165) is 14.8 Å². The van der Waals surface area contributed by atoms with Gasteiger partial charge in [-0.15, -0.1) is 0 Å². The highest BCUT2D eigenvalue weighted by molar-refractivity contribution is 14.1. The molecule has 1 aromatic heterocycles. The Morgan fingerprint density at radius 1 is 1.30 bits per heavy atom. The molecule has 0 saturated carbocycles. The number of esters is 1. The number of halogens is 1. The smallest absolute Gasteiger partial charge is 0.319 e. The number of carbonyl (C=O) groups excluding carboxylic acids is 1. The number of carbonyl (C=O) groups is 1. The van der Waals surface area contributed by atoms with Crippen LogP contribution < -0.4 is 5.56 Å². The Labute approximate surface area is 175 Å². The predicted octanol–water partition coefficient (Wildman–Crippen LogP) is 4.34. The highest BCUT2D eigenvalue weighted by Crippen LogP contribution is 2.27. The maximum atomic E-state index is 13.3. The average Bonchev–Trinajstić information content (AvgIpc) is 2.64. The standard InChI is InChI=1S/C20H19IN2O3S/c1-4-26-19(25)13(3)27-20-22-16-10-9-14(21)11-15(16)18(24)23(20)17-8-6-5-7-12(17)2/h5-11,13H,4H2,1-3H3/t13-/m0/s1. The number of hydrogen-bond donors (Lipinski definition) is 0. The summed E-state index contributed by atoms with van der Waals surface area (Å²) in [5.74, 6) is -0.323. The molecule has 1 atom stereocenters. The van der Waals surface area contributed by atoms with E-state index in [0.29, 0.717) is 22.7 Å². The fourth-order valence-corrected chi connectivity index (χ4v) is 4.12. The number of rotatable bonds is 5. The van der Waals surface area contributed by atoms with Crippen LogP contribution in [0.25, 0.3) is 16.6 Å². The van der Waals surface area contributed by atoms with Gasteiger partial charge in [-0.3, -0.25) is 14.2 Å². The van der Waals surface area contributed by atoms with Crippen molar-refractivity contribution in [2.24, 2.45) is 0 Å². The molecule has 3 aromatic rings. The van der Waals surface area contributed by atoms with Crippen LogP contribution in [0.1, 0.15) is 19.4 Å². The molecule has 27 heavy (non-hydrogen) atoms. The molecular weight excluding hydrogens is 475 g/mol. The Morgan fingerprint density at radius 3 is 2.74 bits per heavy atom. The lowest BCUT2D eigenvalue weighted by Gasteiger charge is -2.17. The predicted molar refractivity (Wildman–Crippen MR) is 117 cm³/mol. The van der Waals surface area contributed by atoms with E-state index >= 15 is 0 Å². The highest BCUT2D eigenvalue weighted by atomic mass is 127. The van der Waals surface area contributed by atoms with E-state index in [1.54, 1.807) is 18.4 Å². The summed E-state index contributed by atoms with van der Waals surface area (Å²) in [6.07, 6.45) is 0. The van der Waals surface area contributed by atoms with Crippen LogP contribution in [0.3, 0.4) is 0 Å². The summed E-state index contributed by atoms with van der Waals surface area (Å²) in [6, 6.07) is 13.2. The van der Waals surface area contributed by atoms with Gasteiger partial charge in [0.1, 0.15) is 5.25 Å². The molecule has 0 N–H and O–H groups in total. The van der Waals surface area contributed by atoms with Gasteiger partial charge in [-0.1, -0.05) is 30.0 Å². The van der Waals surface area contributed by atoms with Gasteiger partial charge in [-0.2, -0.15) is 0 Å². The minimum atomic E-state index is -0.478. The summed E-state index contributed by atoms with van der Waals surface area (Å²) in [4.78, 5) is 30.1. The summed E-state index contributed by atoms with van der Waals surface area (Å²) in [5, 5.41) is 0.551. The van der Waals surface area contributed by atoms with Crippen LogP contribution in [0.2, 0.25) is 0 Å². The zero-order valence-electron chi connectivity index (χ0n) is 15.2. The molecule has 0 unspecified atom stereocenters. The van der Waals surface area contributed by atoms with Crippen LogP contribution in [-0.2, 0) is 9.53 Å². The largest absolute Gasteiger partial charge is 0.465 e. The van der Waals surface area contributed by atoms with Gasteiger partial charge in [0.05, 0.1) is 23.2 Å². The molecule has 0 amide bonds. The molecule has 140 valence electrons. The molecule has 0 aliphatic carbocycles. The van der Waals surface area contributed by atoms with Crippen LogP contribution in [0, 0.1) is 10.5 Å². The number of para-hydroxylation sites is 1. The third-order valence-corrected chi connectivity index (χ3v) is 5.76. The molecule has 0 radical (unpaired) electrons. The summed E-state index contributed by atoms with van der Waals surface area (Å²) in [5.41, 5.74) is 2.18. The van der Waals surface area contributed by atoms with Crippen molar-refractivity contribution in [3.05, 3.63) is 62.0 Å². The number of fused-ring (bicyclic) bond motifs is 1. The molecule has 0 spiro atoms. The highest BCUT2D eigenvalue weighted by Gasteiger charge is 2.21. The Morgan fingerprint density at radius 2 is 2.04 bits per heavy atom. The Hall–Kier alpha value is -1.87. The molecule has 7 heteroatoms. The Kier molecular flexibility index (Phi) is 6.21. The number of aromatic nitrogens is 2. The summed E-state index contributed by atoms with van der Waals surface area (Å²) in [6.45, 7) is 5.80. The minimum absolute atomic E-state index is 0.147. The maximum Gasteiger partial charge on any atom is 0.319 e. The number of thioether (sulfide) groups is 1. The lowest BCUT2D eigenvalue weighted by Crippen LogP contribution is -2.25. The van der Waals surface area contributed by atoms with Crippen molar-refractivity contribution in [1.29, 1.82) is 0 Å². The molecule has 0 saturated heterocycles. The van der Waals surface area contributed by atoms with E-state index in [4.69, 9.17) is 9.72 Å². The Bertz CT molecular complexity index is 1060. The average molecular weight is 494 g/mol. The lowest BCUT2D eigenvalue weighted by atomic mass is 10.2. The number of aryl methyl sites for hydroxylation is 1. The van der Waals surface area contributed by atoms with Crippen molar-refractivity contribution in [3.63, 3.8) is 0 Å². The number of nitrogens with zero attached hydrogens (tertiary/aromatic N) is 2. The topological polar surface area (TPSA) is 61.2 Å². The quantitative estimate of drug-likeness (QED) is 0.229. The second-order valence-electron chi connectivity index (χ2n) is 6.00. The summed E-state index contributed by atoms with van der Waals surface area (Å²) < 4.78 is 7.66. The van der Waals surface area contributed by atoms with Gasteiger partial charge in [0, 0.05) is 3.57 Å². The van der Waals surface area contributed by atoms with E-state index in [9.17, 15) is 9.59 Å². The molecule has 0 aliphatic rings. The van der Waals surface area contributed by atoms with Crippen molar-refractivity contribution < 1.29 is 9.53 Å². The van der Waals surface area contributed by atoms with Crippen LogP contribution in [-0.4, -0.2) is 27.4 Å². The van der Waals surface area contributed by atoms with E-state index in [1.165, 1.54) is 11.8 Å². The van der Waals surface area contributed by atoms with Gasteiger partial charge in [0.15, 0.2) is 5.16 Å². The van der Waals surface area contributed by atoms with Gasteiger partial charge in [0.25, 0.3) is 5.56 Å². The molecule has 1 heterocycles. The van der Waals surface area contributed by atoms with E-state index < -0.39 is 5.25 Å². The van der Waals surface area contributed by atoms with Crippen LogP contribution in [0.15, 0.2) is 52.4 Å². The molecular formula is C20H19IN2O3S.